The molecule has 2 heterocycles. The molecule has 0 bridgehead atoms. The van der Waals surface area contributed by atoms with Crippen LogP contribution in [-0.2, 0) is 17.8 Å². The lowest BCUT2D eigenvalue weighted by molar-refractivity contribution is -0.135. The lowest BCUT2D eigenvalue weighted by Gasteiger charge is -2.36. The Morgan fingerprint density at radius 2 is 1.89 bits per heavy atom. The number of hydrogen-bond acceptors (Lipinski definition) is 3. The summed E-state index contributed by atoms with van der Waals surface area (Å²) in [6.45, 7) is 3.01. The van der Waals surface area contributed by atoms with Crippen LogP contribution in [0.15, 0.2) is 47.6 Å². The maximum atomic E-state index is 12.6. The molecule has 28 heavy (non-hydrogen) atoms. The highest BCUT2D eigenvalue weighted by Gasteiger charge is 2.25. The van der Waals surface area contributed by atoms with Gasteiger partial charge in [0, 0.05) is 44.4 Å². The second kappa shape index (κ2) is 9.75. The summed E-state index contributed by atoms with van der Waals surface area (Å²) in [6.07, 6.45) is 2.57. The molecule has 1 saturated heterocycles. The number of hydrogen-bond donors (Lipinski definition) is 1. The van der Waals surface area contributed by atoms with Crippen molar-refractivity contribution in [3.05, 3.63) is 63.9 Å². The van der Waals surface area contributed by atoms with Gasteiger partial charge < -0.3 is 15.1 Å². The van der Waals surface area contributed by atoms with Gasteiger partial charge in [0.1, 0.15) is 5.15 Å². The zero-order chi connectivity index (χ0) is 19.9. The Kier molecular flexibility index (Phi) is 7.12. The van der Waals surface area contributed by atoms with Gasteiger partial charge in [-0.05, 0) is 35.7 Å². The summed E-state index contributed by atoms with van der Waals surface area (Å²) in [6, 6.07) is 11.3. The van der Waals surface area contributed by atoms with Gasteiger partial charge in [-0.2, -0.15) is 0 Å². The van der Waals surface area contributed by atoms with Crippen molar-refractivity contribution >= 4 is 35.1 Å². The van der Waals surface area contributed by atoms with E-state index in [0.29, 0.717) is 36.4 Å². The molecule has 0 radical (unpaired) electrons. The molecular weight excluding hydrogens is 397 g/mol. The highest BCUT2D eigenvalue weighted by molar-refractivity contribution is 6.30. The fourth-order valence-corrected chi connectivity index (χ4v) is 3.31. The van der Waals surface area contributed by atoms with E-state index in [1.807, 2.05) is 40.1 Å². The quantitative estimate of drug-likeness (QED) is 0.459. The Labute approximate surface area is 175 Å². The van der Waals surface area contributed by atoms with Crippen molar-refractivity contribution < 1.29 is 4.79 Å². The SMILES string of the molecule is CN=C(NCCc1ccc(Cl)nc1)N1CCN(Cc2ccc(Cl)cc2)C(=O)C1. The van der Waals surface area contributed by atoms with Crippen LogP contribution in [0, 0.1) is 0 Å². The fraction of sp³-hybridized carbons (Fsp3) is 0.350. The van der Waals surface area contributed by atoms with Crippen LogP contribution >= 0.6 is 23.2 Å². The summed E-state index contributed by atoms with van der Waals surface area (Å²) in [5.41, 5.74) is 2.17. The smallest absolute Gasteiger partial charge is 0.242 e. The summed E-state index contributed by atoms with van der Waals surface area (Å²) in [5, 5.41) is 4.51. The molecule has 1 aliphatic heterocycles. The minimum Gasteiger partial charge on any atom is -0.356 e. The van der Waals surface area contributed by atoms with E-state index in [-0.39, 0.29) is 5.91 Å². The van der Waals surface area contributed by atoms with Crippen LogP contribution in [0.1, 0.15) is 11.1 Å². The number of rotatable bonds is 5. The van der Waals surface area contributed by atoms with Crippen molar-refractivity contribution in [2.24, 2.45) is 4.99 Å². The van der Waals surface area contributed by atoms with Crippen LogP contribution < -0.4 is 5.32 Å². The molecule has 0 spiro atoms. The van der Waals surface area contributed by atoms with Crippen LogP contribution in [0.5, 0.6) is 0 Å². The number of nitrogens with one attached hydrogen (secondary N) is 1. The first-order chi connectivity index (χ1) is 13.5. The van der Waals surface area contributed by atoms with E-state index in [2.05, 4.69) is 15.3 Å². The van der Waals surface area contributed by atoms with Crippen molar-refractivity contribution in [3.63, 3.8) is 0 Å². The Morgan fingerprint density at radius 3 is 2.54 bits per heavy atom. The number of pyridine rings is 1. The van der Waals surface area contributed by atoms with Crippen molar-refractivity contribution in [3.8, 4) is 0 Å². The molecule has 8 heteroatoms. The van der Waals surface area contributed by atoms with E-state index in [9.17, 15) is 4.79 Å². The molecule has 1 N–H and O–H groups in total. The lowest BCUT2D eigenvalue weighted by Crippen LogP contribution is -2.55. The van der Waals surface area contributed by atoms with Gasteiger partial charge in [-0.25, -0.2) is 4.98 Å². The molecule has 1 fully saturated rings. The predicted molar refractivity (Wildman–Crippen MR) is 113 cm³/mol. The number of halogens is 2. The van der Waals surface area contributed by atoms with Gasteiger partial charge >= 0.3 is 0 Å². The molecule has 148 valence electrons. The zero-order valence-corrected chi connectivity index (χ0v) is 17.2. The first kappa shape index (κ1) is 20.4. The Morgan fingerprint density at radius 1 is 1.14 bits per heavy atom. The molecule has 3 rings (SSSR count). The maximum Gasteiger partial charge on any atom is 0.242 e. The van der Waals surface area contributed by atoms with Gasteiger partial charge in [0.05, 0.1) is 6.54 Å². The number of carbonyl (C=O) groups excluding carboxylic acids is 1. The number of carbonyl (C=O) groups is 1. The number of amides is 1. The predicted octanol–water partition coefficient (Wildman–Crippen LogP) is 2.85. The molecular formula is C20H23Cl2N5O. The maximum absolute atomic E-state index is 12.6. The van der Waals surface area contributed by atoms with Gasteiger partial charge in [-0.3, -0.25) is 9.79 Å². The summed E-state index contributed by atoms with van der Waals surface area (Å²) in [4.78, 5) is 24.8. The van der Waals surface area contributed by atoms with Gasteiger partial charge in [-0.15, -0.1) is 0 Å². The summed E-state index contributed by atoms with van der Waals surface area (Å²) in [5.74, 6) is 0.826. The van der Waals surface area contributed by atoms with Gasteiger partial charge in [0.2, 0.25) is 5.91 Å². The van der Waals surface area contributed by atoms with E-state index >= 15 is 0 Å². The number of aromatic nitrogens is 1. The molecule has 1 aromatic heterocycles. The van der Waals surface area contributed by atoms with Gasteiger partial charge in [-0.1, -0.05) is 41.4 Å². The molecule has 1 aromatic carbocycles. The second-order valence-corrected chi connectivity index (χ2v) is 7.40. The molecule has 1 amide bonds. The summed E-state index contributed by atoms with van der Waals surface area (Å²) in [7, 11) is 1.73. The normalized spacial score (nSPS) is 15.1. The van der Waals surface area contributed by atoms with Crippen molar-refractivity contribution in [2.75, 3.05) is 33.2 Å². The molecule has 1 aliphatic rings. The Balaban J connectivity index is 1.49. The average molecular weight is 420 g/mol. The molecule has 6 nitrogen and oxygen atoms in total. The van der Waals surface area contributed by atoms with Crippen LogP contribution in [0.3, 0.4) is 0 Å². The number of aliphatic imine (C=N–C) groups is 1. The van der Waals surface area contributed by atoms with E-state index in [1.165, 1.54) is 0 Å². The highest BCUT2D eigenvalue weighted by Crippen LogP contribution is 2.13. The topological polar surface area (TPSA) is 60.8 Å². The highest BCUT2D eigenvalue weighted by atomic mass is 35.5. The molecule has 0 unspecified atom stereocenters. The van der Waals surface area contributed by atoms with E-state index < -0.39 is 0 Å². The third-order valence-corrected chi connectivity index (χ3v) is 5.08. The van der Waals surface area contributed by atoms with Crippen LogP contribution in [0.4, 0.5) is 0 Å². The Hall–Kier alpha value is -2.31. The average Bonchev–Trinajstić information content (AvgIpc) is 2.70. The first-order valence-corrected chi connectivity index (χ1v) is 9.89. The number of piperazine rings is 1. The van der Waals surface area contributed by atoms with E-state index in [0.717, 1.165) is 30.1 Å². The van der Waals surface area contributed by atoms with E-state index in [1.54, 1.807) is 19.3 Å². The van der Waals surface area contributed by atoms with Gasteiger partial charge in [0.25, 0.3) is 0 Å². The number of nitrogens with zero attached hydrogens (tertiary/aromatic N) is 4. The summed E-state index contributed by atoms with van der Waals surface area (Å²) < 4.78 is 0. The van der Waals surface area contributed by atoms with Crippen molar-refractivity contribution in [2.45, 2.75) is 13.0 Å². The summed E-state index contributed by atoms with van der Waals surface area (Å²) >= 11 is 11.7. The standard InChI is InChI=1S/C20H23Cl2N5O/c1-23-20(24-9-8-15-4-7-18(22)25-12-15)27-11-10-26(19(28)14-27)13-16-2-5-17(21)6-3-16/h2-7,12H,8-11,13-14H2,1H3,(H,23,24). The molecule has 2 aromatic rings. The van der Waals surface area contributed by atoms with Crippen molar-refractivity contribution in [1.29, 1.82) is 0 Å². The van der Waals surface area contributed by atoms with Gasteiger partial charge in [0.15, 0.2) is 5.96 Å². The third-order valence-electron chi connectivity index (χ3n) is 4.60. The number of guanidine groups is 1. The number of benzene rings is 1. The third kappa shape index (κ3) is 5.59. The van der Waals surface area contributed by atoms with Crippen molar-refractivity contribution in [1.82, 2.24) is 20.1 Å². The first-order valence-electron chi connectivity index (χ1n) is 9.13. The molecule has 0 saturated carbocycles. The van der Waals surface area contributed by atoms with E-state index in [4.69, 9.17) is 23.2 Å². The minimum absolute atomic E-state index is 0.0889. The monoisotopic (exact) mass is 419 g/mol. The largest absolute Gasteiger partial charge is 0.356 e. The second-order valence-electron chi connectivity index (χ2n) is 6.58. The Bertz CT molecular complexity index is 823. The minimum atomic E-state index is 0.0889. The fourth-order valence-electron chi connectivity index (χ4n) is 3.07. The molecule has 0 atom stereocenters. The van der Waals surface area contributed by atoms with Crippen LogP contribution in [0.25, 0.3) is 0 Å². The molecule has 0 aliphatic carbocycles. The van der Waals surface area contributed by atoms with Crippen LogP contribution in [0.2, 0.25) is 10.2 Å². The van der Waals surface area contributed by atoms with Crippen LogP contribution in [-0.4, -0.2) is 59.9 Å². The zero-order valence-electron chi connectivity index (χ0n) is 15.7. The lowest BCUT2D eigenvalue weighted by atomic mass is 10.2.